The van der Waals surface area contributed by atoms with E-state index < -0.39 is 0 Å². The monoisotopic (exact) mass is 343 g/mol. The van der Waals surface area contributed by atoms with Gasteiger partial charge in [-0.05, 0) is 38.1 Å². The van der Waals surface area contributed by atoms with E-state index in [0.29, 0.717) is 30.4 Å². The normalized spacial score (nSPS) is 13.8. The van der Waals surface area contributed by atoms with Crippen LogP contribution in [0.1, 0.15) is 19.6 Å². The number of rotatable bonds is 6. The molecule has 0 fully saturated rings. The summed E-state index contributed by atoms with van der Waals surface area (Å²) in [4.78, 5) is 31.0. The highest BCUT2D eigenvalue weighted by molar-refractivity contribution is 6.02. The number of pyridine rings is 1. The molecule has 0 aromatic carbocycles. The average Bonchev–Trinajstić information content (AvgIpc) is 3.15. The Kier molecular flexibility index (Phi) is 4.87. The van der Waals surface area contributed by atoms with Gasteiger partial charge in [0.05, 0.1) is 18.5 Å². The van der Waals surface area contributed by atoms with E-state index >= 15 is 0 Å². The summed E-state index contributed by atoms with van der Waals surface area (Å²) >= 11 is 0. The van der Waals surface area contributed by atoms with Crippen molar-refractivity contribution in [3.8, 4) is 0 Å². The van der Waals surface area contributed by atoms with Gasteiger partial charge in [0.15, 0.2) is 5.82 Å². The third-order valence-corrected chi connectivity index (χ3v) is 3.99. The molecule has 0 aliphatic carbocycles. The molecule has 0 atom stereocenters. The van der Waals surface area contributed by atoms with Crippen LogP contribution in [0.4, 0.5) is 16.3 Å². The molecule has 0 unspecified atom stereocenters. The summed E-state index contributed by atoms with van der Waals surface area (Å²) in [6, 6.07) is 6.86. The number of aromatic nitrogens is 1. The molecule has 2 aromatic heterocycles. The van der Waals surface area contributed by atoms with E-state index in [0.717, 1.165) is 0 Å². The van der Waals surface area contributed by atoms with Gasteiger partial charge in [0.1, 0.15) is 12.3 Å². The van der Waals surface area contributed by atoms with E-state index in [1.165, 1.54) is 4.90 Å². The van der Waals surface area contributed by atoms with Gasteiger partial charge in [0.25, 0.3) is 0 Å². The van der Waals surface area contributed by atoms with Crippen molar-refractivity contribution in [1.29, 1.82) is 0 Å². The fourth-order valence-corrected chi connectivity index (χ4v) is 2.84. The van der Waals surface area contributed by atoms with Gasteiger partial charge in [-0.2, -0.15) is 0 Å². The van der Waals surface area contributed by atoms with Gasteiger partial charge in [-0.15, -0.1) is 0 Å². The first-order valence-electron chi connectivity index (χ1n) is 8.26. The Labute approximate surface area is 146 Å². The van der Waals surface area contributed by atoms with Crippen LogP contribution in [0.5, 0.6) is 0 Å². The minimum absolute atomic E-state index is 0.0771. The fourth-order valence-electron chi connectivity index (χ4n) is 2.84. The number of furan rings is 1. The third-order valence-electron chi connectivity index (χ3n) is 3.99. The van der Waals surface area contributed by atoms with Crippen LogP contribution in [0.3, 0.4) is 0 Å². The lowest BCUT2D eigenvalue weighted by molar-refractivity contribution is -0.120. The first-order valence-corrected chi connectivity index (χ1v) is 8.26. The van der Waals surface area contributed by atoms with Crippen molar-refractivity contribution in [2.75, 3.05) is 29.5 Å². The summed E-state index contributed by atoms with van der Waals surface area (Å²) in [5, 5.41) is 6.18. The number of anilines is 2. The summed E-state index contributed by atoms with van der Waals surface area (Å²) in [7, 11) is 0. The second-order valence-corrected chi connectivity index (χ2v) is 5.50. The molecule has 3 rings (SSSR count). The molecule has 1 aliphatic heterocycles. The second-order valence-electron chi connectivity index (χ2n) is 5.50. The van der Waals surface area contributed by atoms with Crippen molar-refractivity contribution in [2.45, 2.75) is 20.4 Å². The van der Waals surface area contributed by atoms with Gasteiger partial charge >= 0.3 is 6.03 Å². The minimum Gasteiger partial charge on any atom is -0.467 e. The molecule has 0 saturated carbocycles. The maximum absolute atomic E-state index is 12.8. The van der Waals surface area contributed by atoms with Gasteiger partial charge in [-0.1, -0.05) is 0 Å². The Bertz CT molecular complexity index is 747. The lowest BCUT2D eigenvalue weighted by Gasteiger charge is -2.43. The molecule has 3 heterocycles. The molecule has 0 radical (unpaired) electrons. The molecule has 8 heteroatoms. The number of carbonyl (C=O) groups excluding carboxylic acids is 2. The number of hydrogen-bond donors (Lipinski definition) is 1. The number of urea groups is 1. The second kappa shape index (κ2) is 7.25. The number of amides is 3. The van der Waals surface area contributed by atoms with Crippen molar-refractivity contribution in [2.24, 2.45) is 0 Å². The van der Waals surface area contributed by atoms with Crippen molar-refractivity contribution >= 4 is 23.4 Å². The van der Waals surface area contributed by atoms with Crippen LogP contribution in [-0.4, -0.2) is 41.6 Å². The molecule has 1 aliphatic rings. The van der Waals surface area contributed by atoms with Crippen LogP contribution in [0.15, 0.2) is 41.1 Å². The molecule has 0 spiro atoms. The topological polar surface area (TPSA) is 81.9 Å². The smallest absolute Gasteiger partial charge is 0.343 e. The molecular formula is C17H21N5O3. The lowest BCUT2D eigenvalue weighted by Crippen LogP contribution is -2.58. The highest BCUT2D eigenvalue weighted by Crippen LogP contribution is 2.33. The molecule has 1 N–H and O–H groups in total. The molecule has 0 bridgehead atoms. The average molecular weight is 343 g/mol. The van der Waals surface area contributed by atoms with Crippen LogP contribution in [-0.2, 0) is 11.3 Å². The number of nitrogens with one attached hydrogen (secondary N) is 1. The molecule has 132 valence electrons. The summed E-state index contributed by atoms with van der Waals surface area (Å²) in [6.45, 7) is 5.16. The number of hydrazine groups is 1. The Hall–Kier alpha value is -3.03. The summed E-state index contributed by atoms with van der Waals surface area (Å²) in [6.07, 6.45) is 3.23. The van der Waals surface area contributed by atoms with E-state index in [2.05, 4.69) is 10.3 Å². The van der Waals surface area contributed by atoms with Crippen LogP contribution in [0, 0.1) is 0 Å². The molecule has 2 aromatic rings. The zero-order chi connectivity index (χ0) is 17.8. The Morgan fingerprint density at radius 1 is 1.20 bits per heavy atom. The highest BCUT2D eigenvalue weighted by Gasteiger charge is 2.36. The van der Waals surface area contributed by atoms with Gasteiger partial charge in [0.2, 0.25) is 5.91 Å². The first kappa shape index (κ1) is 16.8. The maximum Gasteiger partial charge on any atom is 0.343 e. The summed E-state index contributed by atoms with van der Waals surface area (Å²) < 4.78 is 5.19. The van der Waals surface area contributed by atoms with E-state index in [1.54, 1.807) is 41.7 Å². The fraction of sp³-hybridized carbons (Fsp3) is 0.353. The lowest BCUT2D eigenvalue weighted by atomic mass is 10.3. The molecule has 0 saturated heterocycles. The quantitative estimate of drug-likeness (QED) is 0.867. The van der Waals surface area contributed by atoms with Crippen molar-refractivity contribution in [3.05, 3.63) is 42.5 Å². The van der Waals surface area contributed by atoms with E-state index in [1.807, 2.05) is 18.9 Å². The van der Waals surface area contributed by atoms with Crippen LogP contribution >= 0.6 is 0 Å². The Morgan fingerprint density at radius 2 is 2.00 bits per heavy atom. The van der Waals surface area contributed by atoms with Crippen LogP contribution in [0.2, 0.25) is 0 Å². The number of hydrogen-bond acceptors (Lipinski definition) is 5. The largest absolute Gasteiger partial charge is 0.467 e. The number of carbonyl (C=O) groups is 2. The van der Waals surface area contributed by atoms with Crippen LogP contribution in [0.25, 0.3) is 0 Å². The predicted molar refractivity (Wildman–Crippen MR) is 92.9 cm³/mol. The minimum atomic E-state index is -0.263. The Morgan fingerprint density at radius 3 is 2.68 bits per heavy atom. The SMILES string of the molecule is CCN1C(=O)N(CC(=O)NCc2ccco2)c2cccnc2N1CC. The maximum atomic E-state index is 12.8. The highest BCUT2D eigenvalue weighted by atomic mass is 16.3. The standard InChI is InChI=1S/C17H21N5O3/c1-3-21-16-14(8-5-9-18-16)20(17(24)22(21)4-2)12-15(23)19-11-13-7-6-10-25-13/h5-10H,3-4,11-12H2,1-2H3,(H,19,23). The molecule has 8 nitrogen and oxygen atoms in total. The predicted octanol–water partition coefficient (Wildman–Crippen LogP) is 1.99. The third kappa shape index (κ3) is 3.28. The zero-order valence-electron chi connectivity index (χ0n) is 14.3. The van der Waals surface area contributed by atoms with Gasteiger partial charge in [-0.25, -0.2) is 14.8 Å². The van der Waals surface area contributed by atoms with Gasteiger partial charge in [-0.3, -0.25) is 14.7 Å². The van der Waals surface area contributed by atoms with Gasteiger partial charge < -0.3 is 9.73 Å². The van der Waals surface area contributed by atoms with Crippen LogP contribution < -0.4 is 15.2 Å². The molecule has 25 heavy (non-hydrogen) atoms. The van der Waals surface area contributed by atoms with Gasteiger partial charge in [0, 0.05) is 19.3 Å². The first-order chi connectivity index (χ1) is 12.2. The number of fused-ring (bicyclic) bond motifs is 1. The Balaban J connectivity index is 1.79. The van der Waals surface area contributed by atoms with Crippen molar-refractivity contribution in [3.63, 3.8) is 0 Å². The van der Waals surface area contributed by atoms with E-state index in [-0.39, 0.29) is 25.0 Å². The van der Waals surface area contributed by atoms with E-state index in [4.69, 9.17) is 4.42 Å². The summed E-state index contributed by atoms with van der Waals surface area (Å²) in [5.41, 5.74) is 0.632. The summed E-state index contributed by atoms with van der Waals surface area (Å²) in [5.74, 6) is 1.07. The number of nitrogens with zero attached hydrogens (tertiary/aromatic N) is 4. The van der Waals surface area contributed by atoms with Crippen molar-refractivity contribution in [1.82, 2.24) is 15.3 Å². The van der Waals surface area contributed by atoms with Crippen molar-refractivity contribution < 1.29 is 14.0 Å². The molecule has 3 amide bonds. The molecular weight excluding hydrogens is 322 g/mol. The zero-order valence-corrected chi connectivity index (χ0v) is 14.3. The van der Waals surface area contributed by atoms with E-state index in [9.17, 15) is 9.59 Å².